The molecule has 0 aliphatic rings. The highest BCUT2D eigenvalue weighted by Crippen LogP contribution is 2.39. The maximum atomic E-state index is 13.1. The fourth-order valence-electron chi connectivity index (χ4n) is 3.70. The number of thiazole rings is 1. The number of phenols is 1. The number of hydrogen-bond donors (Lipinski definition) is 1. The van der Waals surface area contributed by atoms with Gasteiger partial charge in [-0.1, -0.05) is 71.1 Å². The Morgan fingerprint density at radius 1 is 0.941 bits per heavy atom. The van der Waals surface area contributed by atoms with Gasteiger partial charge in [-0.3, -0.25) is 4.79 Å². The fourth-order valence-corrected chi connectivity index (χ4v) is 4.61. The molecule has 34 heavy (non-hydrogen) atoms. The van der Waals surface area contributed by atoms with Crippen LogP contribution in [0.25, 0.3) is 23.2 Å². The van der Waals surface area contributed by atoms with Crippen LogP contribution in [0.1, 0.15) is 69.6 Å². The van der Waals surface area contributed by atoms with Gasteiger partial charge in [0, 0.05) is 11.1 Å². The molecule has 2 aromatic carbocycles. The zero-order valence-corrected chi connectivity index (χ0v) is 21.0. The summed E-state index contributed by atoms with van der Waals surface area (Å²) < 4.78 is 14.9. The molecular formula is C27H28FN3O2S. The van der Waals surface area contributed by atoms with Crippen LogP contribution in [0.15, 0.2) is 41.2 Å². The topological polar surface area (TPSA) is 67.5 Å². The molecule has 0 saturated heterocycles. The Kier molecular flexibility index (Phi) is 5.94. The van der Waals surface area contributed by atoms with Crippen LogP contribution >= 0.6 is 11.3 Å². The molecule has 0 radical (unpaired) electrons. The third-order valence-electron chi connectivity index (χ3n) is 5.54. The van der Waals surface area contributed by atoms with Crippen molar-refractivity contribution >= 4 is 34.5 Å². The third-order valence-corrected chi connectivity index (χ3v) is 6.50. The van der Waals surface area contributed by atoms with Crippen molar-refractivity contribution in [1.29, 1.82) is 0 Å². The quantitative estimate of drug-likeness (QED) is 0.434. The van der Waals surface area contributed by atoms with Crippen LogP contribution in [0.2, 0.25) is 0 Å². The molecule has 176 valence electrons. The summed E-state index contributed by atoms with van der Waals surface area (Å²) in [4.78, 5) is 18.0. The minimum atomic E-state index is -0.296. The number of aromatic nitrogens is 3. The summed E-state index contributed by atoms with van der Waals surface area (Å²) in [5, 5.41) is 15.3. The summed E-state index contributed by atoms with van der Waals surface area (Å²) in [6.07, 6.45) is 5.30. The van der Waals surface area contributed by atoms with Crippen LogP contribution in [0, 0.1) is 5.82 Å². The molecule has 0 atom stereocenters. The minimum absolute atomic E-state index is 0.239. The number of benzene rings is 2. The van der Waals surface area contributed by atoms with Gasteiger partial charge in [-0.2, -0.15) is 9.50 Å². The average molecular weight is 478 g/mol. The van der Waals surface area contributed by atoms with E-state index in [4.69, 9.17) is 0 Å². The standard InChI is InChI=1S/C27H28FN3O2S/c1-26(2,3)19-13-17(14-20(23(19)32)27(4,5)6)15-21-24(33)31-25(34-21)29-22(30-31)12-9-16-7-10-18(28)11-8-16/h7-15,32H,1-6H3/b12-9+,21-15-. The van der Waals surface area contributed by atoms with Crippen molar-refractivity contribution in [3.05, 3.63) is 85.2 Å². The molecule has 5 nitrogen and oxygen atoms in total. The second kappa shape index (κ2) is 8.47. The Morgan fingerprint density at radius 3 is 2.06 bits per heavy atom. The van der Waals surface area contributed by atoms with Gasteiger partial charge in [0.25, 0.3) is 5.56 Å². The Labute approximate surface area is 201 Å². The molecule has 0 spiro atoms. The first kappa shape index (κ1) is 23.8. The van der Waals surface area contributed by atoms with Crippen molar-refractivity contribution in [2.45, 2.75) is 52.4 Å². The monoisotopic (exact) mass is 477 g/mol. The van der Waals surface area contributed by atoms with Crippen LogP contribution in [-0.4, -0.2) is 19.7 Å². The van der Waals surface area contributed by atoms with Gasteiger partial charge in [0.1, 0.15) is 11.6 Å². The van der Waals surface area contributed by atoms with E-state index in [0.29, 0.717) is 21.1 Å². The van der Waals surface area contributed by atoms with Gasteiger partial charge >= 0.3 is 0 Å². The summed E-state index contributed by atoms with van der Waals surface area (Å²) in [7, 11) is 0. The molecular weight excluding hydrogens is 449 g/mol. The molecule has 4 aromatic rings. The lowest BCUT2D eigenvalue weighted by Gasteiger charge is -2.27. The van der Waals surface area contributed by atoms with Gasteiger partial charge < -0.3 is 5.11 Å². The molecule has 0 unspecified atom stereocenters. The highest BCUT2D eigenvalue weighted by atomic mass is 32.1. The van der Waals surface area contributed by atoms with E-state index >= 15 is 0 Å². The average Bonchev–Trinajstić information content (AvgIpc) is 3.26. The van der Waals surface area contributed by atoms with E-state index < -0.39 is 0 Å². The summed E-state index contributed by atoms with van der Waals surface area (Å²) in [5.74, 6) is 0.420. The SMILES string of the molecule is CC(C)(C)c1cc(/C=c2\sc3nc(/C=C/c4ccc(F)cc4)nn3c2=O)cc(C(C)(C)C)c1O. The van der Waals surface area contributed by atoms with Gasteiger partial charge in [0.2, 0.25) is 4.96 Å². The second-order valence-electron chi connectivity index (χ2n) is 10.4. The van der Waals surface area contributed by atoms with Crippen LogP contribution in [0.4, 0.5) is 4.39 Å². The molecule has 0 saturated carbocycles. The zero-order valence-electron chi connectivity index (χ0n) is 20.2. The largest absolute Gasteiger partial charge is 0.507 e. The normalized spacial score (nSPS) is 13.4. The van der Waals surface area contributed by atoms with Crippen LogP contribution in [0.3, 0.4) is 0 Å². The Balaban J connectivity index is 1.76. The number of fused-ring (bicyclic) bond motifs is 1. The van der Waals surface area contributed by atoms with E-state index in [-0.39, 0.29) is 22.2 Å². The number of rotatable bonds is 3. The number of nitrogens with zero attached hydrogens (tertiary/aromatic N) is 3. The zero-order chi connectivity index (χ0) is 24.8. The van der Waals surface area contributed by atoms with Gasteiger partial charge in [0.05, 0.1) is 4.53 Å². The van der Waals surface area contributed by atoms with E-state index in [1.807, 2.05) is 18.2 Å². The van der Waals surface area contributed by atoms with Crippen molar-refractivity contribution < 1.29 is 9.50 Å². The van der Waals surface area contributed by atoms with E-state index in [1.54, 1.807) is 24.3 Å². The molecule has 0 fully saturated rings. The van der Waals surface area contributed by atoms with Crippen LogP contribution in [-0.2, 0) is 10.8 Å². The molecule has 0 aliphatic carbocycles. The molecule has 0 amide bonds. The first-order valence-corrected chi connectivity index (χ1v) is 11.9. The van der Waals surface area contributed by atoms with E-state index in [0.717, 1.165) is 22.3 Å². The third kappa shape index (κ3) is 4.80. The maximum absolute atomic E-state index is 13.1. The number of aromatic hydroxyl groups is 1. The first-order valence-electron chi connectivity index (χ1n) is 11.1. The fraction of sp³-hybridized carbons (Fsp3) is 0.296. The molecule has 7 heteroatoms. The highest BCUT2D eigenvalue weighted by molar-refractivity contribution is 7.15. The predicted molar refractivity (Wildman–Crippen MR) is 137 cm³/mol. The lowest BCUT2D eigenvalue weighted by Crippen LogP contribution is -2.24. The highest BCUT2D eigenvalue weighted by Gasteiger charge is 2.26. The van der Waals surface area contributed by atoms with Crippen molar-refractivity contribution in [3.63, 3.8) is 0 Å². The lowest BCUT2D eigenvalue weighted by atomic mass is 9.78. The Morgan fingerprint density at radius 2 is 1.53 bits per heavy atom. The van der Waals surface area contributed by atoms with Crippen LogP contribution < -0.4 is 10.1 Å². The number of hydrogen-bond acceptors (Lipinski definition) is 5. The summed E-state index contributed by atoms with van der Waals surface area (Å²) in [6, 6.07) is 9.97. The minimum Gasteiger partial charge on any atom is -0.507 e. The van der Waals surface area contributed by atoms with Crippen molar-refractivity contribution in [1.82, 2.24) is 14.6 Å². The predicted octanol–water partition coefficient (Wildman–Crippen LogP) is 5.31. The molecule has 0 bridgehead atoms. The first-order chi connectivity index (χ1) is 15.8. The second-order valence-corrected chi connectivity index (χ2v) is 11.4. The Bertz CT molecular complexity index is 1470. The van der Waals surface area contributed by atoms with E-state index in [9.17, 15) is 14.3 Å². The maximum Gasteiger partial charge on any atom is 0.291 e. The van der Waals surface area contributed by atoms with E-state index in [1.165, 1.54) is 28.0 Å². The summed E-state index contributed by atoms with van der Waals surface area (Å²) in [6.45, 7) is 12.3. The summed E-state index contributed by atoms with van der Waals surface area (Å²) in [5.41, 5.74) is 2.59. The van der Waals surface area contributed by atoms with Crippen molar-refractivity contribution in [2.75, 3.05) is 0 Å². The summed E-state index contributed by atoms with van der Waals surface area (Å²) >= 11 is 1.27. The number of phenolic OH excluding ortho intramolecular Hbond substituents is 1. The molecule has 1 N–H and O–H groups in total. The smallest absolute Gasteiger partial charge is 0.291 e. The van der Waals surface area contributed by atoms with Gasteiger partial charge in [0.15, 0.2) is 5.82 Å². The Hall–Kier alpha value is -3.32. The van der Waals surface area contributed by atoms with E-state index in [2.05, 4.69) is 51.6 Å². The van der Waals surface area contributed by atoms with Crippen molar-refractivity contribution in [3.8, 4) is 5.75 Å². The van der Waals surface area contributed by atoms with Gasteiger partial charge in [-0.05, 0) is 58.4 Å². The lowest BCUT2D eigenvalue weighted by molar-refractivity contribution is 0.423. The molecule has 2 aromatic heterocycles. The van der Waals surface area contributed by atoms with Crippen LogP contribution in [0.5, 0.6) is 5.75 Å². The molecule has 0 aliphatic heterocycles. The van der Waals surface area contributed by atoms with Gasteiger partial charge in [-0.25, -0.2) is 4.39 Å². The van der Waals surface area contributed by atoms with Gasteiger partial charge in [-0.15, -0.1) is 5.10 Å². The molecule has 2 heterocycles. The molecule has 4 rings (SSSR count). The number of halogens is 1. The van der Waals surface area contributed by atoms with Crippen molar-refractivity contribution in [2.24, 2.45) is 0 Å².